The van der Waals surface area contributed by atoms with Crippen molar-refractivity contribution in [2.45, 2.75) is 65.1 Å². The molecule has 3 nitrogen and oxygen atoms in total. The van der Waals surface area contributed by atoms with Crippen molar-refractivity contribution in [2.75, 3.05) is 0 Å². The van der Waals surface area contributed by atoms with E-state index >= 15 is 0 Å². The Labute approximate surface area is 122 Å². The molecule has 0 saturated heterocycles. The van der Waals surface area contributed by atoms with Gasteiger partial charge in [-0.3, -0.25) is 4.79 Å². The van der Waals surface area contributed by atoms with E-state index < -0.39 is 0 Å². The molecule has 0 aliphatic heterocycles. The summed E-state index contributed by atoms with van der Waals surface area (Å²) in [7, 11) is 0. The Morgan fingerprint density at radius 1 is 1.25 bits per heavy atom. The fourth-order valence-electron chi connectivity index (χ4n) is 2.03. The number of nitrogens with one attached hydrogen (secondary N) is 1. The molecular formula is C17H27NO2. The number of hydrogen-bond acceptors (Lipinski definition) is 3. The predicted molar refractivity (Wildman–Crippen MR) is 82.4 cm³/mol. The third-order valence-electron chi connectivity index (χ3n) is 3.27. The van der Waals surface area contributed by atoms with Gasteiger partial charge in [-0.15, -0.1) is 0 Å². The van der Waals surface area contributed by atoms with Crippen molar-refractivity contribution in [2.24, 2.45) is 0 Å². The van der Waals surface area contributed by atoms with E-state index in [-0.39, 0.29) is 18.1 Å². The van der Waals surface area contributed by atoms with Crippen LogP contribution in [0.5, 0.6) is 0 Å². The third-order valence-corrected chi connectivity index (χ3v) is 3.27. The number of unbranched alkanes of at least 4 members (excludes halogenated alkanes) is 1. The van der Waals surface area contributed by atoms with E-state index in [0.717, 1.165) is 25.8 Å². The molecule has 1 aromatic carbocycles. The molecule has 20 heavy (non-hydrogen) atoms. The predicted octanol–water partition coefficient (Wildman–Crippen LogP) is 3.68. The van der Waals surface area contributed by atoms with Gasteiger partial charge in [-0.25, -0.2) is 0 Å². The highest BCUT2D eigenvalue weighted by Crippen LogP contribution is 2.06. The molecule has 2 atom stereocenters. The van der Waals surface area contributed by atoms with Gasteiger partial charge in [0.15, 0.2) is 0 Å². The summed E-state index contributed by atoms with van der Waals surface area (Å²) in [6, 6.07) is 10.3. The smallest absolute Gasteiger partial charge is 0.307 e. The zero-order chi connectivity index (χ0) is 14.8. The van der Waals surface area contributed by atoms with Gasteiger partial charge in [0.2, 0.25) is 0 Å². The van der Waals surface area contributed by atoms with Gasteiger partial charge in [0, 0.05) is 12.6 Å². The molecule has 0 bridgehead atoms. The van der Waals surface area contributed by atoms with Gasteiger partial charge in [0.25, 0.3) is 0 Å². The van der Waals surface area contributed by atoms with E-state index in [1.165, 1.54) is 5.56 Å². The Morgan fingerprint density at radius 3 is 2.60 bits per heavy atom. The second-order valence-corrected chi connectivity index (χ2v) is 5.41. The Morgan fingerprint density at radius 2 is 1.95 bits per heavy atom. The fourth-order valence-corrected chi connectivity index (χ4v) is 2.03. The van der Waals surface area contributed by atoms with Crippen molar-refractivity contribution < 1.29 is 9.53 Å². The maximum absolute atomic E-state index is 11.8. The van der Waals surface area contributed by atoms with E-state index in [4.69, 9.17) is 4.74 Å². The highest BCUT2D eigenvalue weighted by Gasteiger charge is 2.13. The fraction of sp³-hybridized carbons (Fsp3) is 0.588. The van der Waals surface area contributed by atoms with Gasteiger partial charge < -0.3 is 10.1 Å². The lowest BCUT2D eigenvalue weighted by Crippen LogP contribution is -2.29. The standard InChI is InChI=1S/C17H27NO2/c1-4-5-9-15(3)20-17(19)12-14(2)18-13-16-10-7-6-8-11-16/h6-8,10-11,14-15,18H,4-5,9,12-13H2,1-3H3. The van der Waals surface area contributed by atoms with Crippen molar-refractivity contribution in [1.82, 2.24) is 5.32 Å². The van der Waals surface area contributed by atoms with Crippen LogP contribution in [-0.2, 0) is 16.1 Å². The van der Waals surface area contributed by atoms with Crippen LogP contribution in [0.4, 0.5) is 0 Å². The molecule has 0 spiro atoms. The van der Waals surface area contributed by atoms with Crippen molar-refractivity contribution in [3.63, 3.8) is 0 Å². The Kier molecular flexibility index (Phi) is 7.97. The van der Waals surface area contributed by atoms with Gasteiger partial charge in [-0.1, -0.05) is 50.1 Å². The van der Waals surface area contributed by atoms with Crippen LogP contribution in [0.15, 0.2) is 30.3 Å². The molecule has 0 aromatic heterocycles. The van der Waals surface area contributed by atoms with E-state index in [9.17, 15) is 4.79 Å². The molecule has 0 heterocycles. The Balaban J connectivity index is 2.21. The maximum atomic E-state index is 11.8. The molecule has 0 fully saturated rings. The largest absolute Gasteiger partial charge is 0.463 e. The van der Waals surface area contributed by atoms with Gasteiger partial charge in [0.1, 0.15) is 0 Å². The minimum absolute atomic E-state index is 0.0313. The number of ether oxygens (including phenoxy) is 1. The second kappa shape index (κ2) is 9.54. The molecule has 0 amide bonds. The first-order valence-electron chi connectivity index (χ1n) is 7.58. The summed E-state index contributed by atoms with van der Waals surface area (Å²) >= 11 is 0. The normalized spacial score (nSPS) is 13.8. The van der Waals surface area contributed by atoms with Crippen LogP contribution in [0, 0.1) is 0 Å². The van der Waals surface area contributed by atoms with Gasteiger partial charge in [-0.05, 0) is 25.8 Å². The van der Waals surface area contributed by atoms with Crippen LogP contribution in [0.2, 0.25) is 0 Å². The molecule has 0 aliphatic rings. The summed E-state index contributed by atoms with van der Waals surface area (Å²) in [5.41, 5.74) is 1.23. The first-order valence-corrected chi connectivity index (χ1v) is 7.58. The average Bonchev–Trinajstić information content (AvgIpc) is 2.44. The van der Waals surface area contributed by atoms with Crippen LogP contribution in [0.3, 0.4) is 0 Å². The first kappa shape index (κ1) is 16.7. The van der Waals surface area contributed by atoms with Gasteiger partial charge in [-0.2, -0.15) is 0 Å². The van der Waals surface area contributed by atoms with Gasteiger partial charge in [0.05, 0.1) is 12.5 Å². The maximum Gasteiger partial charge on any atom is 0.307 e. The van der Waals surface area contributed by atoms with Crippen LogP contribution >= 0.6 is 0 Å². The van der Waals surface area contributed by atoms with Crippen LogP contribution in [-0.4, -0.2) is 18.1 Å². The summed E-state index contributed by atoms with van der Waals surface area (Å²) < 4.78 is 5.40. The highest BCUT2D eigenvalue weighted by molar-refractivity contribution is 5.70. The summed E-state index contributed by atoms with van der Waals surface area (Å²) in [5, 5.41) is 3.35. The topological polar surface area (TPSA) is 38.3 Å². The zero-order valence-electron chi connectivity index (χ0n) is 12.9. The van der Waals surface area contributed by atoms with Crippen molar-refractivity contribution in [1.29, 1.82) is 0 Å². The SMILES string of the molecule is CCCCC(C)OC(=O)CC(C)NCc1ccccc1. The minimum atomic E-state index is -0.110. The molecule has 1 aromatic rings. The summed E-state index contributed by atoms with van der Waals surface area (Å²) in [4.78, 5) is 11.8. The lowest BCUT2D eigenvalue weighted by Gasteiger charge is -2.16. The van der Waals surface area contributed by atoms with Crippen LogP contribution in [0.1, 0.15) is 52.0 Å². The number of hydrogen-bond donors (Lipinski definition) is 1. The molecule has 112 valence electrons. The lowest BCUT2D eigenvalue weighted by atomic mass is 10.1. The highest BCUT2D eigenvalue weighted by atomic mass is 16.5. The molecule has 1 rings (SSSR count). The van der Waals surface area contributed by atoms with Crippen LogP contribution < -0.4 is 5.32 Å². The summed E-state index contributed by atoms with van der Waals surface area (Å²) in [6.07, 6.45) is 3.65. The van der Waals surface area contributed by atoms with E-state index in [1.54, 1.807) is 0 Å². The first-order chi connectivity index (χ1) is 9.61. The number of benzene rings is 1. The third kappa shape index (κ3) is 7.29. The minimum Gasteiger partial charge on any atom is -0.463 e. The average molecular weight is 277 g/mol. The van der Waals surface area contributed by atoms with E-state index in [2.05, 4.69) is 24.4 Å². The molecule has 0 saturated carbocycles. The molecule has 3 heteroatoms. The number of esters is 1. The monoisotopic (exact) mass is 277 g/mol. The van der Waals surface area contributed by atoms with Crippen LogP contribution in [0.25, 0.3) is 0 Å². The number of carbonyl (C=O) groups is 1. The lowest BCUT2D eigenvalue weighted by molar-refractivity contribution is -0.149. The molecule has 2 unspecified atom stereocenters. The van der Waals surface area contributed by atoms with Gasteiger partial charge >= 0.3 is 5.97 Å². The summed E-state index contributed by atoms with van der Waals surface area (Å²) in [6.45, 7) is 6.90. The molecule has 1 N–H and O–H groups in total. The molecular weight excluding hydrogens is 250 g/mol. The van der Waals surface area contributed by atoms with Crippen molar-refractivity contribution >= 4 is 5.97 Å². The zero-order valence-corrected chi connectivity index (χ0v) is 12.9. The Bertz CT molecular complexity index is 378. The second-order valence-electron chi connectivity index (χ2n) is 5.41. The number of carbonyl (C=O) groups excluding carboxylic acids is 1. The molecule has 0 aliphatic carbocycles. The number of rotatable bonds is 9. The Hall–Kier alpha value is -1.35. The quantitative estimate of drug-likeness (QED) is 0.700. The van der Waals surface area contributed by atoms with Crippen molar-refractivity contribution in [3.05, 3.63) is 35.9 Å². The molecule has 0 radical (unpaired) electrons. The summed E-state index contributed by atoms with van der Waals surface area (Å²) in [5.74, 6) is -0.110. The van der Waals surface area contributed by atoms with E-state index in [1.807, 2.05) is 32.0 Å². The van der Waals surface area contributed by atoms with E-state index in [0.29, 0.717) is 6.42 Å². The van der Waals surface area contributed by atoms with Crippen molar-refractivity contribution in [3.8, 4) is 0 Å².